The first-order valence-corrected chi connectivity index (χ1v) is 7.90. The molecule has 2 nitrogen and oxygen atoms in total. The second kappa shape index (κ2) is 8.32. The van der Waals surface area contributed by atoms with Crippen LogP contribution in [-0.2, 0) is 6.42 Å². The summed E-state index contributed by atoms with van der Waals surface area (Å²) < 4.78 is 28.5. The lowest BCUT2D eigenvalue weighted by atomic mass is 10.0. The number of alkyl halides is 2. The van der Waals surface area contributed by atoms with Gasteiger partial charge in [0.1, 0.15) is 5.75 Å². The topological polar surface area (TPSA) is 21.3 Å². The van der Waals surface area contributed by atoms with E-state index >= 15 is 0 Å². The monoisotopic (exact) mass is 297 g/mol. The van der Waals surface area contributed by atoms with Gasteiger partial charge in [-0.2, -0.15) is 8.78 Å². The van der Waals surface area contributed by atoms with E-state index in [1.54, 1.807) is 12.1 Å². The van der Waals surface area contributed by atoms with Gasteiger partial charge in [0.25, 0.3) is 0 Å². The van der Waals surface area contributed by atoms with Crippen molar-refractivity contribution in [3.8, 4) is 5.75 Å². The third-order valence-corrected chi connectivity index (χ3v) is 4.24. The molecule has 0 heterocycles. The molecular weight excluding hydrogens is 272 g/mol. The first kappa shape index (κ1) is 16.2. The minimum atomic E-state index is -2.75. The molecule has 1 saturated carbocycles. The second-order valence-electron chi connectivity index (χ2n) is 6.02. The molecule has 1 aromatic rings. The van der Waals surface area contributed by atoms with Crippen LogP contribution in [-0.4, -0.2) is 19.2 Å². The third-order valence-electron chi connectivity index (χ3n) is 4.24. The van der Waals surface area contributed by atoms with Crippen molar-refractivity contribution < 1.29 is 13.5 Å². The van der Waals surface area contributed by atoms with Crippen molar-refractivity contribution in [2.45, 2.75) is 58.1 Å². The summed E-state index contributed by atoms with van der Waals surface area (Å²) in [6, 6.07) is 7.43. The fraction of sp³-hybridized carbons (Fsp3) is 0.647. The van der Waals surface area contributed by atoms with Gasteiger partial charge in [0.2, 0.25) is 0 Å². The predicted octanol–water partition coefficient (Wildman–Crippen LogP) is 4.39. The van der Waals surface area contributed by atoms with Crippen molar-refractivity contribution in [1.82, 2.24) is 5.32 Å². The van der Waals surface area contributed by atoms with Crippen LogP contribution in [0.2, 0.25) is 0 Å². The Labute approximate surface area is 125 Å². The van der Waals surface area contributed by atoms with Crippen molar-refractivity contribution in [2.75, 3.05) is 6.54 Å². The molecular formula is C17H25F2NO. The average molecular weight is 297 g/mol. The van der Waals surface area contributed by atoms with Gasteiger partial charge >= 0.3 is 6.61 Å². The molecule has 118 valence electrons. The highest BCUT2D eigenvalue weighted by atomic mass is 19.3. The summed E-state index contributed by atoms with van der Waals surface area (Å²) in [4.78, 5) is 0. The Kier molecular flexibility index (Phi) is 6.43. The van der Waals surface area contributed by atoms with Crippen LogP contribution in [0.3, 0.4) is 0 Å². The molecule has 0 saturated heterocycles. The lowest BCUT2D eigenvalue weighted by molar-refractivity contribution is -0.0498. The summed E-state index contributed by atoms with van der Waals surface area (Å²) >= 11 is 0. The maximum Gasteiger partial charge on any atom is 0.387 e. The Bertz CT molecular complexity index is 402. The molecule has 0 radical (unpaired) electrons. The van der Waals surface area contributed by atoms with Crippen LogP contribution < -0.4 is 10.1 Å². The van der Waals surface area contributed by atoms with Gasteiger partial charge in [0, 0.05) is 6.04 Å². The van der Waals surface area contributed by atoms with E-state index in [1.165, 1.54) is 25.7 Å². The van der Waals surface area contributed by atoms with Gasteiger partial charge in [-0.1, -0.05) is 25.0 Å². The van der Waals surface area contributed by atoms with Gasteiger partial charge in [0.05, 0.1) is 0 Å². The molecule has 0 aliphatic heterocycles. The third kappa shape index (κ3) is 6.00. The highest BCUT2D eigenvalue weighted by Crippen LogP contribution is 2.24. The number of hydrogen-bond acceptors (Lipinski definition) is 2. The quantitative estimate of drug-likeness (QED) is 0.768. The zero-order valence-electron chi connectivity index (χ0n) is 12.7. The number of ether oxygens (including phenoxy) is 1. The molecule has 0 spiro atoms. The van der Waals surface area contributed by atoms with Crippen molar-refractivity contribution in [2.24, 2.45) is 5.92 Å². The minimum Gasteiger partial charge on any atom is -0.435 e. The molecule has 1 atom stereocenters. The van der Waals surface area contributed by atoms with E-state index < -0.39 is 6.61 Å². The van der Waals surface area contributed by atoms with E-state index in [4.69, 9.17) is 0 Å². The summed E-state index contributed by atoms with van der Waals surface area (Å²) in [6.45, 7) is 0.585. The summed E-state index contributed by atoms with van der Waals surface area (Å²) in [5.74, 6) is 1.08. The Hall–Kier alpha value is -1.16. The number of aryl methyl sites for hydroxylation is 1. The SMILES string of the molecule is CC(CCc1ccc(OC(F)F)cc1)NCC1CCCC1. The molecule has 21 heavy (non-hydrogen) atoms. The normalized spacial score (nSPS) is 17.3. The molecule has 1 fully saturated rings. The zero-order chi connectivity index (χ0) is 15.1. The Morgan fingerprint density at radius 1 is 1.19 bits per heavy atom. The van der Waals surface area contributed by atoms with Crippen LogP contribution in [0.1, 0.15) is 44.6 Å². The minimum absolute atomic E-state index is 0.223. The van der Waals surface area contributed by atoms with Crippen molar-refractivity contribution in [3.63, 3.8) is 0 Å². The molecule has 4 heteroatoms. The van der Waals surface area contributed by atoms with E-state index in [-0.39, 0.29) is 5.75 Å². The Morgan fingerprint density at radius 2 is 1.86 bits per heavy atom. The summed E-state index contributed by atoms with van der Waals surface area (Å²) in [7, 11) is 0. The largest absolute Gasteiger partial charge is 0.435 e. The van der Waals surface area contributed by atoms with Crippen molar-refractivity contribution >= 4 is 0 Å². The van der Waals surface area contributed by atoms with E-state index in [9.17, 15) is 8.78 Å². The predicted molar refractivity (Wildman–Crippen MR) is 80.8 cm³/mol. The Morgan fingerprint density at radius 3 is 2.48 bits per heavy atom. The molecule has 1 unspecified atom stereocenters. The molecule has 1 aliphatic carbocycles. The first-order chi connectivity index (χ1) is 10.1. The van der Waals surface area contributed by atoms with E-state index in [0.717, 1.165) is 30.9 Å². The summed E-state index contributed by atoms with van der Waals surface area (Å²) in [5.41, 5.74) is 1.16. The van der Waals surface area contributed by atoms with Crippen LogP contribution in [0.25, 0.3) is 0 Å². The molecule has 1 aromatic carbocycles. The maximum atomic E-state index is 12.1. The van der Waals surface area contributed by atoms with Crippen LogP contribution in [0.4, 0.5) is 8.78 Å². The summed E-state index contributed by atoms with van der Waals surface area (Å²) in [6.07, 6.45) is 7.51. The van der Waals surface area contributed by atoms with Crippen molar-refractivity contribution in [1.29, 1.82) is 0 Å². The van der Waals surface area contributed by atoms with Gasteiger partial charge in [0.15, 0.2) is 0 Å². The molecule has 1 N–H and O–H groups in total. The van der Waals surface area contributed by atoms with Gasteiger partial charge < -0.3 is 10.1 Å². The molecule has 0 aromatic heterocycles. The number of rotatable bonds is 8. The molecule has 2 rings (SSSR count). The lowest BCUT2D eigenvalue weighted by Crippen LogP contribution is -2.30. The lowest BCUT2D eigenvalue weighted by Gasteiger charge is -2.17. The highest BCUT2D eigenvalue weighted by molar-refractivity contribution is 5.27. The first-order valence-electron chi connectivity index (χ1n) is 7.90. The van der Waals surface area contributed by atoms with Crippen LogP contribution >= 0.6 is 0 Å². The molecule has 0 amide bonds. The number of nitrogens with one attached hydrogen (secondary N) is 1. The van der Waals surface area contributed by atoms with E-state index in [1.807, 2.05) is 12.1 Å². The van der Waals surface area contributed by atoms with Crippen molar-refractivity contribution in [3.05, 3.63) is 29.8 Å². The van der Waals surface area contributed by atoms with Gasteiger partial charge in [-0.25, -0.2) is 0 Å². The highest BCUT2D eigenvalue weighted by Gasteiger charge is 2.15. The number of halogens is 2. The van der Waals surface area contributed by atoms with Gasteiger partial charge in [-0.05, 0) is 62.8 Å². The average Bonchev–Trinajstić information content (AvgIpc) is 2.97. The standard InChI is InChI=1S/C17H25F2NO/c1-13(20-12-15-4-2-3-5-15)6-7-14-8-10-16(11-9-14)21-17(18)19/h8-11,13,15,17,20H,2-7,12H2,1H3. The van der Waals surface area contributed by atoms with E-state index in [2.05, 4.69) is 17.0 Å². The molecule has 1 aliphatic rings. The van der Waals surface area contributed by atoms with Gasteiger partial charge in [-0.3, -0.25) is 0 Å². The zero-order valence-corrected chi connectivity index (χ0v) is 12.7. The maximum absolute atomic E-state index is 12.1. The van der Waals surface area contributed by atoms with E-state index in [0.29, 0.717) is 6.04 Å². The number of benzene rings is 1. The summed E-state index contributed by atoms with van der Waals surface area (Å²) in [5, 5.41) is 3.61. The van der Waals surface area contributed by atoms with Crippen LogP contribution in [0, 0.1) is 5.92 Å². The fourth-order valence-electron chi connectivity index (χ4n) is 2.91. The fourth-order valence-corrected chi connectivity index (χ4v) is 2.91. The molecule has 0 bridgehead atoms. The number of hydrogen-bond donors (Lipinski definition) is 1. The van der Waals surface area contributed by atoms with Gasteiger partial charge in [-0.15, -0.1) is 0 Å². The second-order valence-corrected chi connectivity index (χ2v) is 6.02. The Balaban J connectivity index is 1.66. The van der Waals surface area contributed by atoms with Crippen LogP contribution in [0.15, 0.2) is 24.3 Å². The smallest absolute Gasteiger partial charge is 0.387 e. The van der Waals surface area contributed by atoms with Crippen LogP contribution in [0.5, 0.6) is 5.75 Å².